The predicted octanol–water partition coefficient (Wildman–Crippen LogP) is 2.29. The molecule has 2 rings (SSSR count). The molecule has 1 aliphatic carbocycles. The van der Waals surface area contributed by atoms with Crippen molar-refractivity contribution in [3.8, 4) is 0 Å². The maximum absolute atomic E-state index is 10.5. The molecule has 1 aliphatic rings. The van der Waals surface area contributed by atoms with Gasteiger partial charge < -0.3 is 10.6 Å². The number of nitrogens with zero attached hydrogens (tertiary/aromatic N) is 2. The van der Waals surface area contributed by atoms with E-state index in [-0.39, 0.29) is 29.7 Å². The second kappa shape index (κ2) is 7.41. The van der Waals surface area contributed by atoms with Gasteiger partial charge in [0.2, 0.25) is 0 Å². The first kappa shape index (κ1) is 16.7. The van der Waals surface area contributed by atoms with Crippen LogP contribution in [0.25, 0.3) is 0 Å². The average molecular weight is 390 g/mol. The molecule has 0 aliphatic heterocycles. The Morgan fingerprint density at radius 2 is 2.05 bits per heavy atom. The number of guanidine groups is 1. The molecule has 1 aromatic carbocycles. The van der Waals surface area contributed by atoms with Gasteiger partial charge in [-0.15, -0.1) is 24.0 Å². The number of hydrogen-bond acceptors (Lipinski definition) is 3. The molecule has 7 heteroatoms. The third-order valence-electron chi connectivity index (χ3n) is 3.26. The number of aliphatic imine (C=N–C) groups is 1. The van der Waals surface area contributed by atoms with Crippen LogP contribution in [0.5, 0.6) is 0 Å². The lowest BCUT2D eigenvalue weighted by atomic mass is 10.2. The van der Waals surface area contributed by atoms with Crippen molar-refractivity contribution in [2.75, 3.05) is 7.05 Å². The number of nitrogens with one attached hydrogen (secondary N) is 2. The third kappa shape index (κ3) is 4.62. The summed E-state index contributed by atoms with van der Waals surface area (Å²) < 4.78 is 0. The van der Waals surface area contributed by atoms with Crippen molar-refractivity contribution in [1.82, 2.24) is 10.6 Å². The van der Waals surface area contributed by atoms with Crippen LogP contribution in [0.2, 0.25) is 0 Å². The number of benzene rings is 1. The summed E-state index contributed by atoms with van der Waals surface area (Å²) in [6.07, 6.45) is 1.18. The first-order valence-corrected chi connectivity index (χ1v) is 6.30. The minimum Gasteiger partial charge on any atom is -0.353 e. The van der Waals surface area contributed by atoms with Crippen LogP contribution < -0.4 is 10.6 Å². The van der Waals surface area contributed by atoms with Crippen LogP contribution in [0.1, 0.15) is 18.9 Å². The van der Waals surface area contributed by atoms with Crippen LogP contribution in [-0.2, 0) is 6.54 Å². The highest BCUT2D eigenvalue weighted by molar-refractivity contribution is 14.0. The molecule has 2 atom stereocenters. The van der Waals surface area contributed by atoms with Crippen molar-refractivity contribution in [3.63, 3.8) is 0 Å². The lowest BCUT2D eigenvalue weighted by Gasteiger charge is -2.11. The Labute approximate surface area is 135 Å². The van der Waals surface area contributed by atoms with Gasteiger partial charge in [-0.25, -0.2) is 0 Å². The van der Waals surface area contributed by atoms with Crippen molar-refractivity contribution in [3.05, 3.63) is 39.9 Å². The summed E-state index contributed by atoms with van der Waals surface area (Å²) in [5.74, 6) is 1.48. The predicted molar refractivity (Wildman–Crippen MR) is 89.4 cm³/mol. The number of hydrogen-bond donors (Lipinski definition) is 2. The molecule has 2 N–H and O–H groups in total. The number of nitro benzene ring substituents is 1. The zero-order valence-electron chi connectivity index (χ0n) is 11.5. The molecule has 0 radical (unpaired) electrons. The van der Waals surface area contributed by atoms with Crippen molar-refractivity contribution < 1.29 is 4.92 Å². The van der Waals surface area contributed by atoms with Gasteiger partial charge in [0.25, 0.3) is 5.69 Å². The van der Waals surface area contributed by atoms with Gasteiger partial charge in [0, 0.05) is 31.8 Å². The van der Waals surface area contributed by atoms with Crippen molar-refractivity contribution in [2.45, 2.75) is 25.9 Å². The zero-order chi connectivity index (χ0) is 13.8. The minimum atomic E-state index is -0.397. The molecule has 0 aromatic heterocycles. The van der Waals surface area contributed by atoms with Crippen molar-refractivity contribution >= 4 is 35.6 Å². The second-order valence-corrected chi connectivity index (χ2v) is 4.81. The number of halogens is 1. The summed E-state index contributed by atoms with van der Waals surface area (Å²) in [5, 5.41) is 17.1. The lowest BCUT2D eigenvalue weighted by Crippen LogP contribution is -2.38. The summed E-state index contributed by atoms with van der Waals surface area (Å²) in [5.41, 5.74) is 1.09. The molecule has 2 unspecified atom stereocenters. The van der Waals surface area contributed by atoms with Gasteiger partial charge in [-0.05, 0) is 17.9 Å². The highest BCUT2D eigenvalue weighted by atomic mass is 127. The van der Waals surface area contributed by atoms with Gasteiger partial charge in [-0.3, -0.25) is 15.1 Å². The summed E-state index contributed by atoms with van der Waals surface area (Å²) in [6.45, 7) is 2.79. The lowest BCUT2D eigenvalue weighted by molar-refractivity contribution is -0.384. The minimum absolute atomic E-state index is 0. The topological polar surface area (TPSA) is 79.6 Å². The number of nitro groups is 1. The van der Waals surface area contributed by atoms with Crippen LogP contribution in [0.15, 0.2) is 29.3 Å². The maximum atomic E-state index is 10.5. The molecule has 0 amide bonds. The van der Waals surface area contributed by atoms with E-state index in [2.05, 4.69) is 22.5 Å². The van der Waals surface area contributed by atoms with Gasteiger partial charge in [0.15, 0.2) is 5.96 Å². The Hall–Kier alpha value is -1.38. The first-order chi connectivity index (χ1) is 9.10. The van der Waals surface area contributed by atoms with E-state index in [0.29, 0.717) is 18.5 Å². The van der Waals surface area contributed by atoms with Crippen LogP contribution in [0, 0.1) is 16.0 Å². The quantitative estimate of drug-likeness (QED) is 0.272. The van der Waals surface area contributed by atoms with Gasteiger partial charge in [0.05, 0.1) is 4.92 Å². The summed E-state index contributed by atoms with van der Waals surface area (Å²) in [7, 11) is 1.73. The van der Waals surface area contributed by atoms with E-state index in [0.717, 1.165) is 11.5 Å². The summed E-state index contributed by atoms with van der Waals surface area (Å²) >= 11 is 0. The fraction of sp³-hybridized carbons (Fsp3) is 0.462. The Morgan fingerprint density at radius 1 is 1.45 bits per heavy atom. The normalized spacial score (nSPS) is 20.8. The molecule has 0 bridgehead atoms. The van der Waals surface area contributed by atoms with E-state index in [9.17, 15) is 10.1 Å². The van der Waals surface area contributed by atoms with Crippen LogP contribution in [0.4, 0.5) is 5.69 Å². The molecule has 0 saturated heterocycles. The van der Waals surface area contributed by atoms with Crippen molar-refractivity contribution in [2.24, 2.45) is 10.9 Å². The molecular weight excluding hydrogens is 371 g/mol. The molecule has 20 heavy (non-hydrogen) atoms. The van der Waals surface area contributed by atoms with Crippen molar-refractivity contribution in [1.29, 1.82) is 0 Å². The van der Waals surface area contributed by atoms with E-state index in [1.807, 2.05) is 0 Å². The Balaban J connectivity index is 0.00000200. The highest BCUT2D eigenvalue weighted by Gasteiger charge is 2.33. The van der Waals surface area contributed by atoms with Gasteiger partial charge in [0.1, 0.15) is 0 Å². The Bertz CT molecular complexity index is 490. The van der Waals surface area contributed by atoms with Crippen LogP contribution in [0.3, 0.4) is 0 Å². The molecule has 0 spiro atoms. The molecule has 1 saturated carbocycles. The standard InChI is InChI=1S/C13H18N4O2.HI/c1-9-7-12(9)16-13(14-2)15-8-10-3-5-11(6-4-10)17(18)19;/h3-6,9,12H,7-8H2,1-2H3,(H2,14,15,16);1H. The molecule has 1 fully saturated rings. The van der Waals surface area contributed by atoms with Gasteiger partial charge >= 0.3 is 0 Å². The average Bonchev–Trinajstić information content (AvgIpc) is 3.10. The van der Waals surface area contributed by atoms with E-state index in [1.54, 1.807) is 19.2 Å². The van der Waals surface area contributed by atoms with Gasteiger partial charge in [-0.2, -0.15) is 0 Å². The zero-order valence-corrected chi connectivity index (χ0v) is 13.8. The maximum Gasteiger partial charge on any atom is 0.269 e. The van der Waals surface area contributed by atoms with Gasteiger partial charge in [-0.1, -0.05) is 19.1 Å². The molecule has 0 heterocycles. The number of non-ortho nitro benzene ring substituents is 1. The van der Waals surface area contributed by atoms with E-state index in [1.165, 1.54) is 18.6 Å². The molecule has 110 valence electrons. The fourth-order valence-electron chi connectivity index (χ4n) is 1.81. The van der Waals surface area contributed by atoms with E-state index < -0.39 is 4.92 Å². The molecular formula is C13H19IN4O2. The summed E-state index contributed by atoms with van der Waals surface area (Å²) in [6, 6.07) is 7.03. The first-order valence-electron chi connectivity index (χ1n) is 6.30. The second-order valence-electron chi connectivity index (χ2n) is 4.81. The summed E-state index contributed by atoms with van der Waals surface area (Å²) in [4.78, 5) is 14.3. The number of rotatable bonds is 4. The Morgan fingerprint density at radius 3 is 2.50 bits per heavy atom. The Kier molecular flexibility index (Phi) is 6.18. The van der Waals surface area contributed by atoms with E-state index >= 15 is 0 Å². The smallest absolute Gasteiger partial charge is 0.269 e. The van der Waals surface area contributed by atoms with E-state index in [4.69, 9.17) is 0 Å². The largest absolute Gasteiger partial charge is 0.353 e. The molecule has 6 nitrogen and oxygen atoms in total. The van der Waals surface area contributed by atoms with Crippen LogP contribution >= 0.6 is 24.0 Å². The third-order valence-corrected chi connectivity index (χ3v) is 3.26. The van der Waals surface area contributed by atoms with Crippen LogP contribution in [-0.4, -0.2) is 24.0 Å². The fourth-order valence-corrected chi connectivity index (χ4v) is 1.81. The molecule has 1 aromatic rings. The monoisotopic (exact) mass is 390 g/mol. The highest BCUT2D eigenvalue weighted by Crippen LogP contribution is 2.28. The SMILES string of the molecule is CN=C(NCc1ccc([N+](=O)[O-])cc1)NC1CC1C.I.